The van der Waals surface area contributed by atoms with Crippen molar-refractivity contribution in [3.63, 3.8) is 0 Å². The molecule has 1 amide bonds. The molecule has 3 heterocycles. The molecule has 200 valence electrons. The third-order valence-electron chi connectivity index (χ3n) is 6.17. The van der Waals surface area contributed by atoms with Crippen molar-refractivity contribution in [3.8, 4) is 0 Å². The molecule has 3 aliphatic heterocycles. The van der Waals surface area contributed by atoms with Crippen LogP contribution in [0.3, 0.4) is 0 Å². The van der Waals surface area contributed by atoms with Crippen LogP contribution in [0.4, 0.5) is 4.79 Å². The monoisotopic (exact) mass is 507 g/mol. The Labute approximate surface area is 211 Å². The summed E-state index contributed by atoms with van der Waals surface area (Å²) in [7, 11) is 0. The zero-order valence-electron chi connectivity index (χ0n) is 21.7. The van der Waals surface area contributed by atoms with E-state index in [4.69, 9.17) is 33.2 Å². The van der Waals surface area contributed by atoms with Crippen LogP contribution in [0.25, 0.3) is 0 Å². The molecule has 36 heavy (non-hydrogen) atoms. The van der Waals surface area contributed by atoms with E-state index in [1.54, 1.807) is 13.8 Å². The van der Waals surface area contributed by atoms with Crippen LogP contribution in [-0.2, 0) is 44.6 Å². The Morgan fingerprint density at radius 2 is 1.75 bits per heavy atom. The number of benzene rings is 1. The minimum Gasteiger partial charge on any atom is -0.455 e. The van der Waals surface area contributed by atoms with Crippen molar-refractivity contribution in [2.24, 2.45) is 5.92 Å². The van der Waals surface area contributed by atoms with Crippen molar-refractivity contribution >= 4 is 12.1 Å². The molecule has 1 N–H and O–H groups in total. The molecular weight excluding hydrogens is 470 g/mol. The van der Waals surface area contributed by atoms with Gasteiger partial charge in [-0.25, -0.2) is 9.59 Å². The van der Waals surface area contributed by atoms with Gasteiger partial charge in [0.15, 0.2) is 30.1 Å². The van der Waals surface area contributed by atoms with E-state index in [0.717, 1.165) is 5.56 Å². The maximum atomic E-state index is 13.4. The van der Waals surface area contributed by atoms with Gasteiger partial charge in [-0.15, -0.1) is 0 Å². The van der Waals surface area contributed by atoms with Crippen LogP contribution >= 0.6 is 0 Å². The highest BCUT2D eigenvalue weighted by atomic mass is 16.8. The van der Waals surface area contributed by atoms with E-state index in [2.05, 4.69) is 5.32 Å². The van der Waals surface area contributed by atoms with Crippen molar-refractivity contribution in [2.75, 3.05) is 6.61 Å². The minimum absolute atomic E-state index is 0.0908. The molecule has 1 aromatic rings. The van der Waals surface area contributed by atoms with Gasteiger partial charge in [0.05, 0.1) is 6.61 Å². The highest BCUT2D eigenvalue weighted by Gasteiger charge is 2.60. The molecule has 0 bridgehead atoms. The Bertz CT molecular complexity index is 919. The third-order valence-corrected chi connectivity index (χ3v) is 6.17. The molecule has 3 fully saturated rings. The first kappa shape index (κ1) is 26.8. The molecule has 0 aromatic heterocycles. The van der Waals surface area contributed by atoms with Crippen molar-refractivity contribution in [1.82, 2.24) is 5.32 Å². The fourth-order valence-corrected chi connectivity index (χ4v) is 4.62. The molecule has 3 saturated heterocycles. The summed E-state index contributed by atoms with van der Waals surface area (Å²) in [6, 6.07) is 8.39. The maximum Gasteiger partial charge on any atom is 0.408 e. The van der Waals surface area contributed by atoms with Gasteiger partial charge < -0.3 is 38.5 Å². The standard InChI is InChI=1S/C26H37NO9/c1-15(2)12-17(27-24(29)30-13-16-10-8-7-9-11-16)22(28)32-20-19(18-14-31-25(3,4)34-18)33-23-21(20)35-26(5,6)36-23/h7-11,15,17-21,23H,12-14H2,1-6H3,(H,27,29)/t17-,18-,19+,20-,21+,23-/m0/s1. The van der Waals surface area contributed by atoms with Crippen LogP contribution in [0.5, 0.6) is 0 Å². The zero-order valence-corrected chi connectivity index (χ0v) is 21.7. The van der Waals surface area contributed by atoms with Gasteiger partial charge in [0.2, 0.25) is 0 Å². The maximum absolute atomic E-state index is 13.4. The minimum atomic E-state index is -0.916. The Morgan fingerprint density at radius 1 is 1.03 bits per heavy atom. The molecule has 6 atom stereocenters. The number of nitrogens with one attached hydrogen (secondary N) is 1. The Kier molecular flexibility index (Phi) is 7.92. The summed E-state index contributed by atoms with van der Waals surface area (Å²) < 4.78 is 41.0. The van der Waals surface area contributed by atoms with Crippen LogP contribution in [0.15, 0.2) is 30.3 Å². The van der Waals surface area contributed by atoms with E-state index < -0.39 is 60.4 Å². The summed E-state index contributed by atoms with van der Waals surface area (Å²) in [6.07, 6.45) is -3.66. The number of fused-ring (bicyclic) bond motifs is 1. The van der Waals surface area contributed by atoms with Crippen molar-refractivity contribution in [1.29, 1.82) is 0 Å². The summed E-state index contributed by atoms with van der Waals surface area (Å²) >= 11 is 0. The largest absolute Gasteiger partial charge is 0.455 e. The second-order valence-electron chi connectivity index (χ2n) is 10.7. The van der Waals surface area contributed by atoms with Gasteiger partial charge in [-0.3, -0.25) is 0 Å². The lowest BCUT2D eigenvalue weighted by Gasteiger charge is -2.30. The number of alkyl carbamates (subject to hydrolysis) is 1. The van der Waals surface area contributed by atoms with Crippen molar-refractivity contribution < 1.29 is 42.7 Å². The second kappa shape index (κ2) is 10.6. The molecule has 0 unspecified atom stereocenters. The van der Waals surface area contributed by atoms with Gasteiger partial charge >= 0.3 is 12.1 Å². The van der Waals surface area contributed by atoms with Crippen molar-refractivity contribution in [2.45, 2.75) is 103 Å². The van der Waals surface area contributed by atoms with E-state index in [0.29, 0.717) is 6.42 Å². The fourth-order valence-electron chi connectivity index (χ4n) is 4.62. The Hall–Kier alpha value is -2.24. The fraction of sp³-hybridized carbons (Fsp3) is 0.692. The van der Waals surface area contributed by atoms with E-state index in [-0.39, 0.29) is 19.1 Å². The van der Waals surface area contributed by atoms with Gasteiger partial charge in [0.25, 0.3) is 0 Å². The molecule has 0 radical (unpaired) electrons. The lowest BCUT2D eigenvalue weighted by molar-refractivity contribution is -0.235. The van der Waals surface area contributed by atoms with E-state index >= 15 is 0 Å². The van der Waals surface area contributed by atoms with Gasteiger partial charge in [-0.2, -0.15) is 0 Å². The number of rotatable bonds is 8. The second-order valence-corrected chi connectivity index (χ2v) is 10.7. The normalized spacial score (nSPS) is 31.1. The topological polar surface area (TPSA) is 111 Å². The molecular formula is C26H37NO9. The first-order chi connectivity index (χ1) is 16.9. The first-order valence-electron chi connectivity index (χ1n) is 12.4. The molecule has 0 spiro atoms. The molecule has 0 aliphatic carbocycles. The molecule has 10 nitrogen and oxygen atoms in total. The highest BCUT2D eigenvalue weighted by molar-refractivity contribution is 5.81. The van der Waals surface area contributed by atoms with E-state index in [9.17, 15) is 9.59 Å². The smallest absolute Gasteiger partial charge is 0.408 e. The number of carbonyl (C=O) groups is 2. The Morgan fingerprint density at radius 3 is 2.39 bits per heavy atom. The SMILES string of the molecule is CC(C)C[C@H](NC(=O)OCc1ccccc1)C(=O)O[C@@H]1[C@H]2OC(C)(C)O[C@@H]2O[C@@H]1[C@@H]1COC(C)(C)O1. The molecule has 0 saturated carbocycles. The molecule has 1 aromatic carbocycles. The summed E-state index contributed by atoms with van der Waals surface area (Å²) in [4.78, 5) is 25.9. The van der Waals surface area contributed by atoms with E-state index in [1.165, 1.54) is 0 Å². The quantitative estimate of drug-likeness (QED) is 0.530. The predicted octanol–water partition coefficient (Wildman–Crippen LogP) is 3.27. The molecule has 3 aliphatic rings. The number of amides is 1. The third kappa shape index (κ3) is 6.54. The van der Waals surface area contributed by atoms with Crippen LogP contribution < -0.4 is 5.32 Å². The molecule has 10 heteroatoms. The average Bonchev–Trinajstić information content (AvgIpc) is 3.41. The Balaban J connectivity index is 1.44. The predicted molar refractivity (Wildman–Crippen MR) is 126 cm³/mol. The number of hydrogen-bond donors (Lipinski definition) is 1. The summed E-state index contributed by atoms with van der Waals surface area (Å²) in [5.74, 6) is -2.18. The summed E-state index contributed by atoms with van der Waals surface area (Å²) in [5, 5.41) is 2.66. The highest BCUT2D eigenvalue weighted by Crippen LogP contribution is 2.42. The summed E-state index contributed by atoms with van der Waals surface area (Å²) in [6.45, 7) is 11.4. The summed E-state index contributed by atoms with van der Waals surface area (Å²) in [5.41, 5.74) is 0.843. The van der Waals surface area contributed by atoms with Gasteiger partial charge in [-0.1, -0.05) is 44.2 Å². The zero-order chi connectivity index (χ0) is 26.1. The van der Waals surface area contributed by atoms with Gasteiger partial charge in [0.1, 0.15) is 24.9 Å². The number of hydrogen-bond acceptors (Lipinski definition) is 9. The lowest BCUT2D eigenvalue weighted by atomic mass is 10.0. The van der Waals surface area contributed by atoms with Crippen LogP contribution in [0.2, 0.25) is 0 Å². The first-order valence-corrected chi connectivity index (χ1v) is 12.4. The molecule has 4 rings (SSSR count). The lowest BCUT2D eigenvalue weighted by Crippen LogP contribution is -2.49. The number of carbonyl (C=O) groups excluding carboxylic acids is 2. The number of esters is 1. The average molecular weight is 508 g/mol. The van der Waals surface area contributed by atoms with Crippen LogP contribution in [0.1, 0.15) is 53.5 Å². The number of ether oxygens (including phenoxy) is 7. The van der Waals surface area contributed by atoms with Gasteiger partial charge in [0, 0.05) is 0 Å². The van der Waals surface area contributed by atoms with Crippen molar-refractivity contribution in [3.05, 3.63) is 35.9 Å². The van der Waals surface area contributed by atoms with E-state index in [1.807, 2.05) is 58.0 Å². The van der Waals surface area contributed by atoms with Crippen LogP contribution in [0, 0.1) is 5.92 Å². The van der Waals surface area contributed by atoms with Crippen LogP contribution in [-0.4, -0.2) is 67.0 Å². The van der Waals surface area contributed by atoms with Gasteiger partial charge in [-0.05, 0) is 45.6 Å².